The molecule has 1 aliphatic carbocycles. The van der Waals surface area contributed by atoms with Crippen molar-refractivity contribution in [1.29, 1.82) is 0 Å². The molecule has 0 saturated heterocycles. The van der Waals surface area contributed by atoms with Crippen molar-refractivity contribution in [3.8, 4) is 11.5 Å². The fourth-order valence-corrected chi connectivity index (χ4v) is 3.55. The molecule has 2 nitrogen and oxygen atoms in total. The lowest BCUT2D eigenvalue weighted by molar-refractivity contribution is 0.0595. The summed E-state index contributed by atoms with van der Waals surface area (Å²) < 4.78 is 5.94. The fourth-order valence-electron chi connectivity index (χ4n) is 2.95. The molecule has 24 heavy (non-hydrogen) atoms. The van der Waals surface area contributed by atoms with Crippen LogP contribution < -0.4 is 0 Å². The van der Waals surface area contributed by atoms with Crippen molar-refractivity contribution in [2.45, 2.75) is 51.6 Å². The molecule has 1 aromatic carbocycles. The minimum absolute atomic E-state index is 0.362. The zero-order valence-electron chi connectivity index (χ0n) is 15.2. The maximum absolute atomic E-state index is 10.3. The van der Waals surface area contributed by atoms with Gasteiger partial charge in [-0.2, -0.15) is 0 Å². The van der Waals surface area contributed by atoms with Crippen LogP contribution in [0.1, 0.15) is 24.8 Å². The first-order valence-corrected chi connectivity index (χ1v) is 12.4. The predicted molar refractivity (Wildman–Crippen MR) is 103 cm³/mol. The minimum Gasteiger partial charge on any atom is -0.380 e. The quantitative estimate of drug-likeness (QED) is 0.471. The van der Waals surface area contributed by atoms with E-state index >= 15 is 0 Å². The zero-order chi connectivity index (χ0) is 17.4. The molecule has 1 aliphatic rings. The molecule has 130 valence electrons. The van der Waals surface area contributed by atoms with Crippen molar-refractivity contribution in [2.24, 2.45) is 11.8 Å². The Balaban J connectivity index is 1.84. The van der Waals surface area contributed by atoms with Gasteiger partial charge in [0.2, 0.25) is 0 Å². The Hall–Kier alpha value is -1.34. The Morgan fingerprint density at radius 2 is 2.00 bits per heavy atom. The SMILES string of the molecule is C[Si](C)(C)C#CC(O)C[C@@H]1C=CCC[C@@H]1COCc1ccccc1. The third kappa shape index (κ3) is 7.05. The van der Waals surface area contributed by atoms with Gasteiger partial charge in [0, 0.05) is 0 Å². The van der Waals surface area contributed by atoms with Gasteiger partial charge in [0.25, 0.3) is 0 Å². The summed E-state index contributed by atoms with van der Waals surface area (Å²) in [5.74, 6) is 3.90. The Bertz CT molecular complexity index is 577. The maximum Gasteiger partial charge on any atom is 0.129 e. The first kappa shape index (κ1) is 19.0. The number of benzene rings is 1. The highest BCUT2D eigenvalue weighted by Gasteiger charge is 2.24. The van der Waals surface area contributed by atoms with Crippen LogP contribution in [-0.2, 0) is 11.3 Å². The van der Waals surface area contributed by atoms with Crippen LogP contribution in [0.2, 0.25) is 19.6 Å². The second kappa shape index (κ2) is 9.22. The third-order valence-electron chi connectivity index (χ3n) is 4.25. The van der Waals surface area contributed by atoms with E-state index in [0.717, 1.165) is 19.4 Å². The number of allylic oxidation sites excluding steroid dienone is 2. The number of aliphatic hydroxyl groups is 1. The normalized spacial score (nSPS) is 21.8. The smallest absolute Gasteiger partial charge is 0.129 e. The van der Waals surface area contributed by atoms with Gasteiger partial charge in [-0.15, -0.1) is 5.54 Å². The Morgan fingerprint density at radius 1 is 1.25 bits per heavy atom. The van der Waals surface area contributed by atoms with Gasteiger partial charge in [0.05, 0.1) is 13.2 Å². The predicted octanol–water partition coefficient (Wildman–Crippen LogP) is 4.42. The average Bonchev–Trinajstić information content (AvgIpc) is 2.55. The highest BCUT2D eigenvalue weighted by Crippen LogP contribution is 2.29. The van der Waals surface area contributed by atoms with Gasteiger partial charge in [0.1, 0.15) is 14.2 Å². The summed E-state index contributed by atoms with van der Waals surface area (Å²) in [6.07, 6.45) is 6.90. The van der Waals surface area contributed by atoms with Gasteiger partial charge >= 0.3 is 0 Å². The topological polar surface area (TPSA) is 29.5 Å². The summed E-state index contributed by atoms with van der Waals surface area (Å²) >= 11 is 0. The molecule has 1 N–H and O–H groups in total. The molecule has 1 unspecified atom stereocenters. The van der Waals surface area contributed by atoms with Crippen LogP contribution in [0.5, 0.6) is 0 Å². The Labute approximate surface area is 147 Å². The molecule has 0 aromatic heterocycles. The Morgan fingerprint density at radius 3 is 2.71 bits per heavy atom. The number of ether oxygens (including phenoxy) is 1. The maximum atomic E-state index is 10.3. The third-order valence-corrected chi connectivity index (χ3v) is 5.14. The standard InChI is InChI=1S/C21H30O2Si/c1-24(2,3)14-13-21(22)15-19-11-7-8-12-20(19)17-23-16-18-9-5-4-6-10-18/h4-7,9-11,19-22H,8,12,15-17H2,1-3H3/t19-,20+,21?/m0/s1. The van der Waals surface area contributed by atoms with Gasteiger partial charge < -0.3 is 9.84 Å². The highest BCUT2D eigenvalue weighted by atomic mass is 28.3. The van der Waals surface area contributed by atoms with Crippen LogP contribution in [0.4, 0.5) is 0 Å². The van der Waals surface area contributed by atoms with Crippen LogP contribution in [0.3, 0.4) is 0 Å². The molecule has 1 aromatic rings. The summed E-state index contributed by atoms with van der Waals surface area (Å²) in [5.41, 5.74) is 4.48. The van der Waals surface area contributed by atoms with E-state index in [-0.39, 0.29) is 0 Å². The number of rotatable bonds is 6. The molecular weight excluding hydrogens is 312 g/mol. The molecule has 3 heteroatoms. The van der Waals surface area contributed by atoms with Crippen molar-refractivity contribution in [3.05, 3.63) is 48.0 Å². The molecule has 0 aliphatic heterocycles. The van der Waals surface area contributed by atoms with E-state index in [4.69, 9.17) is 4.74 Å². The lowest BCUT2D eigenvalue weighted by Gasteiger charge is -2.28. The number of hydrogen-bond acceptors (Lipinski definition) is 2. The summed E-state index contributed by atoms with van der Waals surface area (Å²) in [5, 5.41) is 10.3. The van der Waals surface area contributed by atoms with Crippen molar-refractivity contribution >= 4 is 8.07 Å². The summed E-state index contributed by atoms with van der Waals surface area (Å²) in [4.78, 5) is 0. The van der Waals surface area contributed by atoms with Crippen LogP contribution in [-0.4, -0.2) is 25.9 Å². The first-order chi connectivity index (χ1) is 11.4. The largest absolute Gasteiger partial charge is 0.380 e. The zero-order valence-corrected chi connectivity index (χ0v) is 16.2. The lowest BCUT2D eigenvalue weighted by Crippen LogP contribution is -2.25. The summed E-state index contributed by atoms with van der Waals surface area (Å²) in [6, 6.07) is 10.3. The molecule has 2 rings (SSSR count). The monoisotopic (exact) mass is 342 g/mol. The second-order valence-electron chi connectivity index (χ2n) is 7.70. The van der Waals surface area contributed by atoms with Gasteiger partial charge in [0.15, 0.2) is 0 Å². The van der Waals surface area contributed by atoms with Gasteiger partial charge in [-0.25, -0.2) is 0 Å². The molecule has 0 saturated carbocycles. The molecular formula is C21H30O2Si. The Kier molecular flexibility index (Phi) is 7.30. The van der Waals surface area contributed by atoms with E-state index < -0.39 is 14.2 Å². The molecule has 0 bridgehead atoms. The van der Waals surface area contributed by atoms with E-state index in [0.29, 0.717) is 24.9 Å². The minimum atomic E-state index is -1.43. The second-order valence-corrected chi connectivity index (χ2v) is 12.5. The highest BCUT2D eigenvalue weighted by molar-refractivity contribution is 6.83. The van der Waals surface area contributed by atoms with E-state index in [2.05, 4.69) is 55.4 Å². The van der Waals surface area contributed by atoms with Crippen LogP contribution >= 0.6 is 0 Å². The first-order valence-electron chi connectivity index (χ1n) is 8.93. The molecule has 3 atom stereocenters. The van der Waals surface area contributed by atoms with E-state index in [1.54, 1.807) is 0 Å². The van der Waals surface area contributed by atoms with Crippen molar-refractivity contribution in [2.75, 3.05) is 6.61 Å². The van der Waals surface area contributed by atoms with Crippen LogP contribution in [0.25, 0.3) is 0 Å². The molecule has 0 fully saturated rings. The van der Waals surface area contributed by atoms with E-state index in [9.17, 15) is 5.11 Å². The summed E-state index contributed by atoms with van der Waals surface area (Å²) in [6.45, 7) is 8.01. The van der Waals surface area contributed by atoms with Crippen LogP contribution in [0.15, 0.2) is 42.5 Å². The fraction of sp³-hybridized carbons (Fsp3) is 0.524. The molecule has 0 heterocycles. The van der Waals surface area contributed by atoms with Gasteiger partial charge in [-0.1, -0.05) is 68.0 Å². The number of hydrogen-bond donors (Lipinski definition) is 1. The van der Waals surface area contributed by atoms with E-state index in [1.807, 2.05) is 18.2 Å². The van der Waals surface area contributed by atoms with Crippen molar-refractivity contribution < 1.29 is 9.84 Å². The molecule has 0 amide bonds. The molecule has 0 radical (unpaired) electrons. The van der Waals surface area contributed by atoms with Gasteiger partial charge in [-0.3, -0.25) is 0 Å². The van der Waals surface area contributed by atoms with Gasteiger partial charge in [-0.05, 0) is 36.7 Å². The summed E-state index contributed by atoms with van der Waals surface area (Å²) in [7, 11) is -1.43. The lowest BCUT2D eigenvalue weighted by atomic mass is 9.81. The van der Waals surface area contributed by atoms with E-state index in [1.165, 1.54) is 5.56 Å². The van der Waals surface area contributed by atoms with Crippen molar-refractivity contribution in [3.63, 3.8) is 0 Å². The van der Waals surface area contributed by atoms with Crippen LogP contribution in [0, 0.1) is 23.3 Å². The molecule has 0 spiro atoms. The average molecular weight is 343 g/mol. The van der Waals surface area contributed by atoms with Crippen molar-refractivity contribution in [1.82, 2.24) is 0 Å². The number of aliphatic hydroxyl groups excluding tert-OH is 1.